The van der Waals surface area contributed by atoms with E-state index >= 15 is 0 Å². The normalized spacial score (nSPS) is 17.9. The zero-order valence-corrected chi connectivity index (χ0v) is 20.1. The Morgan fingerprint density at radius 2 is 1.70 bits per heavy atom. The molecule has 190 valence electrons. The first-order valence-electron chi connectivity index (χ1n) is 11.5. The van der Waals surface area contributed by atoms with E-state index in [0.717, 1.165) is 0 Å². The van der Waals surface area contributed by atoms with Crippen LogP contribution in [0.4, 0.5) is 8.78 Å². The summed E-state index contributed by atoms with van der Waals surface area (Å²) >= 11 is 0. The Labute approximate surface area is 211 Å². The SMILES string of the molecule is O=C1CC(c2ccc(C[C@H](NC(=O)C(F)(F)c3ccccc3)c3nc4ccccc4[nH]3)cc2)S(=O)(=O)N1. The average Bonchev–Trinajstić information content (AvgIpc) is 3.43. The van der Waals surface area contributed by atoms with E-state index in [1.54, 1.807) is 54.6 Å². The molecule has 1 unspecified atom stereocenters. The second-order valence-corrected chi connectivity index (χ2v) is 10.7. The molecule has 11 heteroatoms. The van der Waals surface area contributed by atoms with Gasteiger partial charge in [0.25, 0.3) is 5.91 Å². The number of fused-ring (bicyclic) bond motifs is 1. The van der Waals surface area contributed by atoms with Crippen molar-refractivity contribution in [2.75, 3.05) is 0 Å². The van der Waals surface area contributed by atoms with Crippen molar-refractivity contribution in [3.63, 3.8) is 0 Å². The number of para-hydroxylation sites is 2. The zero-order valence-electron chi connectivity index (χ0n) is 19.3. The van der Waals surface area contributed by atoms with Gasteiger partial charge in [-0.15, -0.1) is 0 Å². The number of H-pyrrole nitrogens is 1. The predicted molar refractivity (Wildman–Crippen MR) is 132 cm³/mol. The smallest absolute Gasteiger partial charge is 0.340 e. The number of carbonyl (C=O) groups is 2. The summed E-state index contributed by atoms with van der Waals surface area (Å²) in [6.45, 7) is 0. The summed E-state index contributed by atoms with van der Waals surface area (Å²) in [4.78, 5) is 31.9. The van der Waals surface area contributed by atoms with E-state index in [1.165, 1.54) is 24.3 Å². The van der Waals surface area contributed by atoms with Crippen molar-refractivity contribution in [2.45, 2.75) is 30.1 Å². The topological polar surface area (TPSA) is 121 Å². The van der Waals surface area contributed by atoms with Gasteiger partial charge in [0.1, 0.15) is 11.1 Å². The van der Waals surface area contributed by atoms with E-state index < -0.39 is 44.6 Å². The number of halogens is 2. The molecule has 1 aromatic heterocycles. The van der Waals surface area contributed by atoms with Gasteiger partial charge in [0.2, 0.25) is 15.9 Å². The van der Waals surface area contributed by atoms with E-state index in [2.05, 4.69) is 15.3 Å². The molecule has 0 spiro atoms. The molecule has 1 saturated heterocycles. The number of benzene rings is 3. The minimum absolute atomic E-state index is 0.102. The second kappa shape index (κ2) is 9.40. The summed E-state index contributed by atoms with van der Waals surface area (Å²) in [5.74, 6) is -5.51. The molecule has 3 aromatic carbocycles. The first-order valence-corrected chi connectivity index (χ1v) is 13.0. The number of aromatic amines is 1. The van der Waals surface area contributed by atoms with Crippen molar-refractivity contribution in [2.24, 2.45) is 0 Å². The monoisotopic (exact) mass is 524 g/mol. The van der Waals surface area contributed by atoms with Crippen molar-refractivity contribution in [1.29, 1.82) is 0 Å². The summed E-state index contributed by atoms with van der Waals surface area (Å²) in [7, 11) is -3.80. The minimum atomic E-state index is -3.80. The fourth-order valence-corrected chi connectivity index (χ4v) is 5.76. The van der Waals surface area contributed by atoms with Crippen molar-refractivity contribution in [3.8, 4) is 0 Å². The summed E-state index contributed by atoms with van der Waals surface area (Å²) < 4.78 is 56.3. The van der Waals surface area contributed by atoms with Gasteiger partial charge in [0.05, 0.1) is 23.5 Å². The number of rotatable bonds is 7. The standard InChI is InChI=1S/C26H22F2N4O4S/c27-26(28,18-6-2-1-3-7-18)25(34)31-21(24-29-19-8-4-5-9-20(19)30-24)14-16-10-12-17(13-11-16)22-15-23(33)32-37(22,35)36/h1-13,21-22H,14-15H2,(H,29,30)(H,31,34)(H,32,33)/t21-,22?/m0/s1. The van der Waals surface area contributed by atoms with Gasteiger partial charge >= 0.3 is 5.92 Å². The molecule has 4 aromatic rings. The number of alkyl halides is 2. The number of imidazole rings is 1. The van der Waals surface area contributed by atoms with E-state index in [1.807, 2.05) is 4.72 Å². The molecule has 1 aliphatic rings. The number of aromatic nitrogens is 2. The maximum absolute atomic E-state index is 15.0. The molecule has 0 bridgehead atoms. The maximum Gasteiger partial charge on any atom is 0.349 e. The van der Waals surface area contributed by atoms with Crippen molar-refractivity contribution in [3.05, 3.63) is 101 Å². The van der Waals surface area contributed by atoms with Crippen LogP contribution in [0.3, 0.4) is 0 Å². The molecule has 0 saturated carbocycles. The minimum Gasteiger partial charge on any atom is -0.340 e. The van der Waals surface area contributed by atoms with Gasteiger partial charge < -0.3 is 10.3 Å². The average molecular weight is 525 g/mol. The quantitative estimate of drug-likeness (QED) is 0.341. The third-order valence-corrected chi connectivity index (χ3v) is 7.96. The molecule has 37 heavy (non-hydrogen) atoms. The molecule has 8 nitrogen and oxygen atoms in total. The molecule has 5 rings (SSSR count). The Kier molecular flexibility index (Phi) is 6.24. The van der Waals surface area contributed by atoms with E-state index in [9.17, 15) is 26.8 Å². The first-order chi connectivity index (χ1) is 17.6. The van der Waals surface area contributed by atoms with Crippen LogP contribution in [0.25, 0.3) is 11.0 Å². The van der Waals surface area contributed by atoms with Crippen LogP contribution >= 0.6 is 0 Å². The molecule has 2 atom stereocenters. The number of nitrogens with zero attached hydrogens (tertiary/aromatic N) is 1. The lowest BCUT2D eigenvalue weighted by atomic mass is 10.0. The lowest BCUT2D eigenvalue weighted by molar-refractivity contribution is -0.148. The van der Waals surface area contributed by atoms with E-state index in [0.29, 0.717) is 28.0 Å². The molecule has 3 N–H and O–H groups in total. The molecule has 2 heterocycles. The summed E-state index contributed by atoms with van der Waals surface area (Å²) in [6, 6.07) is 19.5. The van der Waals surface area contributed by atoms with Crippen LogP contribution in [-0.2, 0) is 32.0 Å². The number of hydrogen-bond acceptors (Lipinski definition) is 5. The van der Waals surface area contributed by atoms with Gasteiger partial charge in [-0.2, -0.15) is 8.78 Å². The Balaban J connectivity index is 1.43. The summed E-state index contributed by atoms with van der Waals surface area (Å²) in [5.41, 5.74) is 1.95. The summed E-state index contributed by atoms with van der Waals surface area (Å²) in [5, 5.41) is 1.44. The van der Waals surface area contributed by atoms with Gasteiger partial charge in [-0.05, 0) is 29.7 Å². The molecule has 0 radical (unpaired) electrons. The Hall–Kier alpha value is -4.12. The number of hydrogen-bond donors (Lipinski definition) is 3. The number of nitrogens with one attached hydrogen (secondary N) is 3. The lowest BCUT2D eigenvalue weighted by Crippen LogP contribution is -2.41. The highest BCUT2D eigenvalue weighted by Gasteiger charge is 2.42. The fraction of sp³-hybridized carbons (Fsp3) is 0.192. The van der Waals surface area contributed by atoms with Gasteiger partial charge in [-0.25, -0.2) is 13.4 Å². The molecule has 0 aliphatic carbocycles. The van der Waals surface area contributed by atoms with Crippen LogP contribution < -0.4 is 10.0 Å². The molecule has 1 fully saturated rings. The Morgan fingerprint density at radius 1 is 1.03 bits per heavy atom. The van der Waals surface area contributed by atoms with Crippen LogP contribution in [-0.4, -0.2) is 30.2 Å². The highest BCUT2D eigenvalue weighted by Crippen LogP contribution is 2.32. The van der Waals surface area contributed by atoms with Crippen LogP contribution in [0, 0.1) is 0 Å². The number of amides is 2. The van der Waals surface area contributed by atoms with Crippen LogP contribution in [0.15, 0.2) is 78.9 Å². The third kappa shape index (κ3) is 4.94. The highest BCUT2D eigenvalue weighted by atomic mass is 32.2. The van der Waals surface area contributed by atoms with E-state index in [4.69, 9.17) is 0 Å². The van der Waals surface area contributed by atoms with Gasteiger partial charge in [0, 0.05) is 5.56 Å². The Bertz CT molecular complexity index is 1540. The fourth-order valence-electron chi connectivity index (χ4n) is 4.33. The molecular formula is C26H22F2N4O4S. The van der Waals surface area contributed by atoms with Crippen LogP contribution in [0.5, 0.6) is 0 Å². The highest BCUT2D eigenvalue weighted by molar-refractivity contribution is 7.90. The lowest BCUT2D eigenvalue weighted by Gasteiger charge is -2.22. The molecule has 1 aliphatic heterocycles. The second-order valence-electron chi connectivity index (χ2n) is 8.81. The third-order valence-electron chi connectivity index (χ3n) is 6.26. The Morgan fingerprint density at radius 3 is 2.35 bits per heavy atom. The largest absolute Gasteiger partial charge is 0.349 e. The zero-order chi connectivity index (χ0) is 26.2. The molecule has 2 amide bonds. The van der Waals surface area contributed by atoms with Gasteiger partial charge in [-0.3, -0.25) is 14.3 Å². The molecular weight excluding hydrogens is 502 g/mol. The van der Waals surface area contributed by atoms with E-state index in [-0.39, 0.29) is 12.8 Å². The van der Waals surface area contributed by atoms with Crippen molar-refractivity contribution in [1.82, 2.24) is 20.0 Å². The van der Waals surface area contributed by atoms with Gasteiger partial charge in [-0.1, -0.05) is 66.7 Å². The van der Waals surface area contributed by atoms with Gasteiger partial charge in [0.15, 0.2) is 0 Å². The number of carbonyl (C=O) groups excluding carboxylic acids is 2. The van der Waals surface area contributed by atoms with Crippen LogP contribution in [0.1, 0.15) is 40.2 Å². The number of sulfonamides is 1. The van der Waals surface area contributed by atoms with Crippen molar-refractivity contribution < 1.29 is 26.8 Å². The summed E-state index contributed by atoms with van der Waals surface area (Å²) in [6.07, 6.45) is -0.0702. The van der Waals surface area contributed by atoms with Crippen LogP contribution in [0.2, 0.25) is 0 Å². The van der Waals surface area contributed by atoms with Crippen molar-refractivity contribution >= 4 is 32.9 Å². The first kappa shape index (κ1) is 24.6. The predicted octanol–water partition coefficient (Wildman–Crippen LogP) is 3.65. The maximum atomic E-state index is 15.0.